The molecule has 5 heteroatoms. The molecule has 0 saturated carbocycles. The molecule has 0 N–H and O–H groups in total. The van der Waals surface area contributed by atoms with Crippen LogP contribution in [0.15, 0.2) is 42.5 Å². The molecule has 0 aliphatic heterocycles. The van der Waals surface area contributed by atoms with Gasteiger partial charge in [-0.1, -0.05) is 37.0 Å². The van der Waals surface area contributed by atoms with Crippen molar-refractivity contribution in [2.45, 2.75) is 20.3 Å². The Kier molecular flexibility index (Phi) is 6.31. The van der Waals surface area contributed by atoms with Crippen molar-refractivity contribution in [2.24, 2.45) is 5.92 Å². The lowest BCUT2D eigenvalue weighted by Crippen LogP contribution is -2.09. The van der Waals surface area contributed by atoms with Crippen LogP contribution in [-0.2, 0) is 0 Å². The Morgan fingerprint density at radius 2 is 1.78 bits per heavy atom. The minimum absolute atomic E-state index is 0.276. The molecule has 23 heavy (non-hydrogen) atoms. The van der Waals surface area contributed by atoms with Crippen LogP contribution in [0.2, 0.25) is 10.0 Å². The Bertz CT molecular complexity index is 666. The highest BCUT2D eigenvalue weighted by molar-refractivity contribution is 6.35. The van der Waals surface area contributed by atoms with E-state index in [-0.39, 0.29) is 5.75 Å². The number of rotatable bonds is 6. The molecular weight excluding hydrogens is 335 g/mol. The second-order valence-electron chi connectivity index (χ2n) is 5.52. The van der Waals surface area contributed by atoms with Crippen LogP contribution >= 0.6 is 23.2 Å². The van der Waals surface area contributed by atoms with Gasteiger partial charge in [0.1, 0.15) is 11.5 Å². The molecule has 0 aromatic heterocycles. The summed E-state index contributed by atoms with van der Waals surface area (Å²) in [7, 11) is 0. The molecular formula is C18H18Cl2O3. The van der Waals surface area contributed by atoms with E-state index in [1.807, 2.05) is 0 Å². The molecule has 0 amide bonds. The van der Waals surface area contributed by atoms with Crippen molar-refractivity contribution >= 4 is 29.2 Å². The summed E-state index contributed by atoms with van der Waals surface area (Å²) in [6, 6.07) is 11.5. The quantitative estimate of drug-likeness (QED) is 0.498. The maximum atomic E-state index is 12.1. The first-order valence-corrected chi connectivity index (χ1v) is 8.11. The Balaban J connectivity index is 1.97. The Labute approximate surface area is 146 Å². The predicted molar refractivity (Wildman–Crippen MR) is 92.8 cm³/mol. The Hall–Kier alpha value is -1.71. The predicted octanol–water partition coefficient (Wildman–Crippen LogP) is 5.64. The summed E-state index contributed by atoms with van der Waals surface area (Å²) in [5.41, 5.74) is 0.423. The van der Waals surface area contributed by atoms with Gasteiger partial charge in [0, 0.05) is 5.02 Å². The van der Waals surface area contributed by atoms with Crippen molar-refractivity contribution < 1.29 is 14.3 Å². The SMILES string of the molecule is CC(C)CCOc1ccc(C(=O)Oc2ccc(Cl)cc2Cl)cc1. The van der Waals surface area contributed by atoms with Gasteiger partial charge in [-0.25, -0.2) is 4.79 Å². The van der Waals surface area contributed by atoms with Crippen molar-refractivity contribution in [1.82, 2.24) is 0 Å². The van der Waals surface area contributed by atoms with E-state index in [1.165, 1.54) is 6.07 Å². The Morgan fingerprint density at radius 3 is 2.39 bits per heavy atom. The highest BCUT2D eigenvalue weighted by atomic mass is 35.5. The first kappa shape index (κ1) is 17.6. The van der Waals surface area contributed by atoms with Gasteiger partial charge in [0.15, 0.2) is 0 Å². The van der Waals surface area contributed by atoms with Crippen LogP contribution in [0.1, 0.15) is 30.6 Å². The zero-order chi connectivity index (χ0) is 16.8. The minimum Gasteiger partial charge on any atom is -0.494 e. The monoisotopic (exact) mass is 352 g/mol. The Morgan fingerprint density at radius 1 is 1.09 bits per heavy atom. The van der Waals surface area contributed by atoms with Crippen molar-refractivity contribution in [2.75, 3.05) is 6.61 Å². The summed E-state index contributed by atoms with van der Waals surface area (Å²) in [6.07, 6.45) is 0.985. The van der Waals surface area contributed by atoms with Crippen molar-refractivity contribution in [1.29, 1.82) is 0 Å². The van der Waals surface area contributed by atoms with E-state index in [2.05, 4.69) is 13.8 Å². The summed E-state index contributed by atoms with van der Waals surface area (Å²) in [6.45, 7) is 4.94. The molecule has 0 aliphatic carbocycles. The van der Waals surface area contributed by atoms with E-state index in [0.29, 0.717) is 28.1 Å². The average molecular weight is 353 g/mol. The van der Waals surface area contributed by atoms with Crippen LogP contribution in [0.5, 0.6) is 11.5 Å². The number of halogens is 2. The molecule has 0 heterocycles. The van der Waals surface area contributed by atoms with Crippen LogP contribution in [0.3, 0.4) is 0 Å². The molecule has 0 bridgehead atoms. The molecule has 2 rings (SSSR count). The van der Waals surface area contributed by atoms with Crippen LogP contribution < -0.4 is 9.47 Å². The highest BCUT2D eigenvalue weighted by Gasteiger charge is 2.11. The van der Waals surface area contributed by atoms with Gasteiger partial charge in [-0.2, -0.15) is 0 Å². The molecule has 0 fully saturated rings. The maximum Gasteiger partial charge on any atom is 0.343 e. The van der Waals surface area contributed by atoms with E-state index in [9.17, 15) is 4.79 Å². The molecule has 2 aromatic carbocycles. The summed E-state index contributed by atoms with van der Waals surface area (Å²) in [5.74, 6) is 1.11. The lowest BCUT2D eigenvalue weighted by molar-refractivity contribution is 0.0735. The lowest BCUT2D eigenvalue weighted by Gasteiger charge is -2.09. The number of benzene rings is 2. The van der Waals surface area contributed by atoms with Gasteiger partial charge in [-0.3, -0.25) is 0 Å². The van der Waals surface area contributed by atoms with Crippen LogP contribution in [0, 0.1) is 5.92 Å². The van der Waals surface area contributed by atoms with Gasteiger partial charge in [-0.15, -0.1) is 0 Å². The van der Waals surface area contributed by atoms with Gasteiger partial charge in [0.05, 0.1) is 17.2 Å². The fourth-order valence-corrected chi connectivity index (χ4v) is 2.26. The molecule has 0 radical (unpaired) electrons. The molecule has 0 unspecified atom stereocenters. The number of hydrogen-bond donors (Lipinski definition) is 0. The van der Waals surface area contributed by atoms with Gasteiger partial charge < -0.3 is 9.47 Å². The highest BCUT2D eigenvalue weighted by Crippen LogP contribution is 2.28. The molecule has 3 nitrogen and oxygen atoms in total. The molecule has 0 atom stereocenters. The average Bonchev–Trinajstić information content (AvgIpc) is 2.50. The summed E-state index contributed by atoms with van der Waals surface area (Å²) in [5, 5.41) is 0.775. The summed E-state index contributed by atoms with van der Waals surface area (Å²) < 4.78 is 10.9. The molecule has 122 valence electrons. The number of carbonyl (C=O) groups excluding carboxylic acids is 1. The molecule has 0 aliphatic rings. The molecule has 2 aromatic rings. The van der Waals surface area contributed by atoms with Crippen molar-refractivity contribution in [3.05, 3.63) is 58.1 Å². The van der Waals surface area contributed by atoms with Crippen LogP contribution in [0.4, 0.5) is 0 Å². The van der Waals surface area contributed by atoms with E-state index >= 15 is 0 Å². The van der Waals surface area contributed by atoms with E-state index in [1.54, 1.807) is 36.4 Å². The first-order valence-electron chi connectivity index (χ1n) is 7.36. The largest absolute Gasteiger partial charge is 0.494 e. The number of ether oxygens (including phenoxy) is 2. The van der Waals surface area contributed by atoms with Gasteiger partial charge in [0.2, 0.25) is 0 Å². The van der Waals surface area contributed by atoms with Gasteiger partial charge in [-0.05, 0) is 54.8 Å². The van der Waals surface area contributed by atoms with Crippen molar-refractivity contribution in [3.63, 3.8) is 0 Å². The second-order valence-corrected chi connectivity index (χ2v) is 6.36. The maximum absolute atomic E-state index is 12.1. The van der Waals surface area contributed by atoms with E-state index in [4.69, 9.17) is 32.7 Å². The topological polar surface area (TPSA) is 35.5 Å². The zero-order valence-corrected chi connectivity index (χ0v) is 14.5. The summed E-state index contributed by atoms with van der Waals surface area (Å²) in [4.78, 5) is 12.1. The standard InChI is InChI=1S/C18H18Cl2O3/c1-12(2)9-10-22-15-6-3-13(4-7-15)18(21)23-17-8-5-14(19)11-16(17)20/h3-8,11-12H,9-10H2,1-2H3. The molecule has 0 spiro atoms. The normalized spacial score (nSPS) is 10.7. The van der Waals surface area contributed by atoms with E-state index < -0.39 is 5.97 Å². The minimum atomic E-state index is -0.483. The second kappa shape index (κ2) is 8.23. The lowest BCUT2D eigenvalue weighted by atomic mass is 10.1. The third-order valence-electron chi connectivity index (χ3n) is 3.15. The summed E-state index contributed by atoms with van der Waals surface area (Å²) >= 11 is 11.8. The number of hydrogen-bond acceptors (Lipinski definition) is 3. The molecule has 0 saturated heterocycles. The third-order valence-corrected chi connectivity index (χ3v) is 3.68. The van der Waals surface area contributed by atoms with Gasteiger partial charge >= 0.3 is 5.97 Å². The smallest absolute Gasteiger partial charge is 0.343 e. The number of carbonyl (C=O) groups is 1. The fourth-order valence-electron chi connectivity index (χ4n) is 1.82. The third kappa shape index (κ3) is 5.45. The fraction of sp³-hybridized carbons (Fsp3) is 0.278. The first-order chi connectivity index (χ1) is 11.0. The zero-order valence-electron chi connectivity index (χ0n) is 13.0. The van der Waals surface area contributed by atoms with Crippen LogP contribution in [0.25, 0.3) is 0 Å². The van der Waals surface area contributed by atoms with Crippen molar-refractivity contribution in [3.8, 4) is 11.5 Å². The van der Waals surface area contributed by atoms with Gasteiger partial charge in [0.25, 0.3) is 0 Å². The van der Waals surface area contributed by atoms with Crippen LogP contribution in [-0.4, -0.2) is 12.6 Å². The van der Waals surface area contributed by atoms with E-state index in [0.717, 1.165) is 12.2 Å². The number of esters is 1.